The molecule has 1 aliphatic heterocycles. The van der Waals surface area contributed by atoms with Gasteiger partial charge in [-0.2, -0.15) is 0 Å². The molecule has 0 bridgehead atoms. The summed E-state index contributed by atoms with van der Waals surface area (Å²) in [7, 11) is 1.64. The van der Waals surface area contributed by atoms with E-state index in [1.165, 1.54) is 0 Å². The van der Waals surface area contributed by atoms with E-state index in [4.69, 9.17) is 14.6 Å². The maximum atomic E-state index is 8.89. The van der Waals surface area contributed by atoms with Gasteiger partial charge in [0.1, 0.15) is 0 Å². The Balaban J connectivity index is 2.31. The first-order valence-corrected chi connectivity index (χ1v) is 4.77. The van der Waals surface area contributed by atoms with Crippen molar-refractivity contribution in [2.45, 2.75) is 12.3 Å². The van der Waals surface area contributed by atoms with Crippen LogP contribution in [0.2, 0.25) is 0 Å². The number of methoxy groups -OCH3 is 1. The summed E-state index contributed by atoms with van der Waals surface area (Å²) in [4.78, 5) is 0. The molecule has 1 aromatic carbocycles. The van der Waals surface area contributed by atoms with Gasteiger partial charge in [0.25, 0.3) is 0 Å². The number of benzene rings is 1. The highest BCUT2D eigenvalue weighted by Crippen LogP contribution is 2.41. The van der Waals surface area contributed by atoms with Crippen molar-refractivity contribution in [3.05, 3.63) is 23.8 Å². The van der Waals surface area contributed by atoms with Gasteiger partial charge >= 0.3 is 0 Å². The molecule has 0 radical (unpaired) electrons. The smallest absolute Gasteiger partial charge is 0.164 e. The van der Waals surface area contributed by atoms with Crippen molar-refractivity contribution in [3.8, 4) is 11.5 Å². The average Bonchev–Trinajstić information content (AvgIpc) is 2.62. The Hall–Kier alpha value is -1.22. The predicted octanol–water partition coefficient (Wildman–Crippen LogP) is 1.55. The average molecular weight is 194 g/mol. The van der Waals surface area contributed by atoms with Crippen LogP contribution in [0.1, 0.15) is 17.9 Å². The van der Waals surface area contributed by atoms with Crippen molar-refractivity contribution in [1.82, 2.24) is 0 Å². The van der Waals surface area contributed by atoms with Crippen LogP contribution in [0.5, 0.6) is 11.5 Å². The van der Waals surface area contributed by atoms with E-state index in [1.54, 1.807) is 7.11 Å². The molecule has 1 atom stereocenters. The third-order valence-corrected chi connectivity index (χ3v) is 2.58. The van der Waals surface area contributed by atoms with Gasteiger partial charge in [-0.25, -0.2) is 0 Å². The third kappa shape index (κ3) is 1.44. The lowest BCUT2D eigenvalue weighted by Gasteiger charge is -2.07. The molecule has 1 unspecified atom stereocenters. The van der Waals surface area contributed by atoms with Gasteiger partial charge in [0.05, 0.1) is 13.7 Å². The Morgan fingerprint density at radius 2 is 2.43 bits per heavy atom. The maximum absolute atomic E-state index is 8.89. The van der Waals surface area contributed by atoms with Crippen LogP contribution in [0.3, 0.4) is 0 Å². The summed E-state index contributed by atoms with van der Waals surface area (Å²) in [6.07, 6.45) is 0.750. The number of aliphatic hydroxyl groups is 1. The van der Waals surface area contributed by atoms with Gasteiger partial charge in [0, 0.05) is 18.1 Å². The minimum atomic E-state index is 0.199. The SMILES string of the molecule is COc1cccc2c1OCC2CCO. The fourth-order valence-electron chi connectivity index (χ4n) is 1.84. The molecule has 0 aromatic heterocycles. The first kappa shape index (κ1) is 9.34. The van der Waals surface area contributed by atoms with E-state index in [0.29, 0.717) is 12.5 Å². The molecule has 14 heavy (non-hydrogen) atoms. The normalized spacial score (nSPS) is 18.9. The first-order chi connectivity index (χ1) is 6.86. The lowest BCUT2D eigenvalue weighted by Crippen LogP contribution is -2.02. The highest BCUT2D eigenvalue weighted by Gasteiger charge is 2.26. The number of rotatable bonds is 3. The molecular formula is C11H14O3. The van der Waals surface area contributed by atoms with E-state index >= 15 is 0 Å². The van der Waals surface area contributed by atoms with Crippen molar-refractivity contribution >= 4 is 0 Å². The largest absolute Gasteiger partial charge is 0.493 e. The molecule has 1 aromatic rings. The molecule has 1 N–H and O–H groups in total. The maximum Gasteiger partial charge on any atom is 0.164 e. The molecule has 2 rings (SSSR count). The van der Waals surface area contributed by atoms with Crippen LogP contribution < -0.4 is 9.47 Å². The van der Waals surface area contributed by atoms with E-state index in [1.807, 2.05) is 18.2 Å². The highest BCUT2D eigenvalue weighted by atomic mass is 16.5. The molecule has 0 saturated carbocycles. The van der Waals surface area contributed by atoms with Gasteiger partial charge in [-0.05, 0) is 12.5 Å². The monoisotopic (exact) mass is 194 g/mol. The van der Waals surface area contributed by atoms with Crippen molar-refractivity contribution in [3.63, 3.8) is 0 Å². The van der Waals surface area contributed by atoms with Gasteiger partial charge in [-0.15, -0.1) is 0 Å². The second-order valence-corrected chi connectivity index (χ2v) is 3.40. The van der Waals surface area contributed by atoms with Crippen LogP contribution in [-0.2, 0) is 0 Å². The van der Waals surface area contributed by atoms with Gasteiger partial charge in [-0.1, -0.05) is 12.1 Å². The summed E-state index contributed by atoms with van der Waals surface area (Å²) in [5.41, 5.74) is 1.15. The van der Waals surface area contributed by atoms with Crippen LogP contribution in [0.4, 0.5) is 0 Å². The van der Waals surface area contributed by atoms with Crippen LogP contribution in [0.15, 0.2) is 18.2 Å². The Labute approximate surface area is 83.3 Å². The van der Waals surface area contributed by atoms with Crippen molar-refractivity contribution in [2.75, 3.05) is 20.3 Å². The quantitative estimate of drug-likeness (QED) is 0.793. The fraction of sp³-hybridized carbons (Fsp3) is 0.455. The summed E-state index contributed by atoms with van der Waals surface area (Å²) in [6.45, 7) is 0.848. The van der Waals surface area contributed by atoms with Gasteiger partial charge < -0.3 is 14.6 Å². The minimum Gasteiger partial charge on any atom is -0.493 e. The van der Waals surface area contributed by atoms with Crippen LogP contribution in [0.25, 0.3) is 0 Å². The second kappa shape index (κ2) is 3.88. The zero-order chi connectivity index (χ0) is 9.97. The number of aliphatic hydroxyl groups excluding tert-OH is 1. The lowest BCUT2D eigenvalue weighted by atomic mass is 9.98. The van der Waals surface area contributed by atoms with E-state index < -0.39 is 0 Å². The Morgan fingerprint density at radius 3 is 3.14 bits per heavy atom. The van der Waals surface area contributed by atoms with Crippen molar-refractivity contribution in [1.29, 1.82) is 0 Å². The van der Waals surface area contributed by atoms with E-state index in [2.05, 4.69) is 0 Å². The topological polar surface area (TPSA) is 38.7 Å². The highest BCUT2D eigenvalue weighted by molar-refractivity contribution is 5.50. The molecule has 76 valence electrons. The van der Waals surface area contributed by atoms with E-state index in [9.17, 15) is 0 Å². The molecule has 0 saturated heterocycles. The summed E-state index contributed by atoms with van der Waals surface area (Å²) in [5, 5.41) is 8.89. The molecule has 0 spiro atoms. The number of hydrogen-bond acceptors (Lipinski definition) is 3. The summed E-state index contributed by atoms with van der Waals surface area (Å²) >= 11 is 0. The number of hydrogen-bond donors (Lipinski definition) is 1. The van der Waals surface area contributed by atoms with Crippen molar-refractivity contribution in [2.24, 2.45) is 0 Å². The Bertz CT molecular complexity index is 322. The van der Waals surface area contributed by atoms with E-state index in [-0.39, 0.29) is 6.61 Å². The van der Waals surface area contributed by atoms with E-state index in [0.717, 1.165) is 23.5 Å². The third-order valence-electron chi connectivity index (χ3n) is 2.58. The summed E-state index contributed by atoms with van der Waals surface area (Å²) in [5.74, 6) is 1.93. The van der Waals surface area contributed by atoms with Crippen LogP contribution >= 0.6 is 0 Å². The predicted molar refractivity (Wildman–Crippen MR) is 52.9 cm³/mol. The fourth-order valence-corrected chi connectivity index (χ4v) is 1.84. The molecule has 3 heteroatoms. The minimum absolute atomic E-state index is 0.199. The van der Waals surface area contributed by atoms with Crippen LogP contribution in [0, 0.1) is 0 Å². The Kier molecular flexibility index (Phi) is 2.59. The number of fused-ring (bicyclic) bond motifs is 1. The molecular weight excluding hydrogens is 180 g/mol. The first-order valence-electron chi connectivity index (χ1n) is 4.77. The molecule has 0 aliphatic carbocycles. The molecule has 0 amide bonds. The number of ether oxygens (including phenoxy) is 2. The standard InChI is InChI=1S/C11H14O3/c1-13-10-4-2-3-9-8(5-6-12)7-14-11(9)10/h2-4,8,12H,5-7H2,1H3. The molecule has 1 aliphatic rings. The Morgan fingerprint density at radius 1 is 1.57 bits per heavy atom. The lowest BCUT2D eigenvalue weighted by molar-refractivity contribution is 0.252. The van der Waals surface area contributed by atoms with Crippen molar-refractivity contribution < 1.29 is 14.6 Å². The van der Waals surface area contributed by atoms with Crippen LogP contribution in [-0.4, -0.2) is 25.4 Å². The van der Waals surface area contributed by atoms with Gasteiger partial charge in [0.2, 0.25) is 0 Å². The zero-order valence-corrected chi connectivity index (χ0v) is 8.19. The molecule has 0 fully saturated rings. The summed E-state index contributed by atoms with van der Waals surface area (Å²) in [6, 6.07) is 5.88. The molecule has 1 heterocycles. The second-order valence-electron chi connectivity index (χ2n) is 3.40. The van der Waals surface area contributed by atoms with Gasteiger partial charge in [0.15, 0.2) is 11.5 Å². The van der Waals surface area contributed by atoms with Gasteiger partial charge in [-0.3, -0.25) is 0 Å². The summed E-state index contributed by atoms with van der Waals surface area (Å²) < 4.78 is 10.7. The molecule has 3 nitrogen and oxygen atoms in total. The zero-order valence-electron chi connectivity index (χ0n) is 8.19. The number of para-hydroxylation sites is 1.